The Hall–Kier alpha value is -1.75. The van der Waals surface area contributed by atoms with Crippen molar-refractivity contribution < 1.29 is 14.6 Å². The standard InChI is InChI=1S/C16H24N2O3/c1-16(20)8-4-10-18(11-9-16)15(19)7-12-21-14-6-3-2-5-13(14)17/h2-3,5-6,20H,4,7-12,17H2,1H3. The second-order valence-electron chi connectivity index (χ2n) is 5.87. The van der Waals surface area contributed by atoms with Gasteiger partial charge in [-0.25, -0.2) is 0 Å². The molecule has 0 aliphatic carbocycles. The smallest absolute Gasteiger partial charge is 0.225 e. The molecule has 1 amide bonds. The zero-order valence-electron chi connectivity index (χ0n) is 12.5. The van der Waals surface area contributed by atoms with Crippen molar-refractivity contribution in [1.29, 1.82) is 0 Å². The van der Waals surface area contributed by atoms with Gasteiger partial charge in [0.1, 0.15) is 5.75 Å². The average Bonchev–Trinajstić information content (AvgIpc) is 2.62. The summed E-state index contributed by atoms with van der Waals surface area (Å²) in [6, 6.07) is 7.26. The molecule has 0 spiro atoms. The van der Waals surface area contributed by atoms with E-state index in [1.165, 1.54) is 0 Å². The minimum atomic E-state index is -0.649. The van der Waals surface area contributed by atoms with Crippen LogP contribution in [0.15, 0.2) is 24.3 Å². The Labute approximate surface area is 125 Å². The largest absolute Gasteiger partial charge is 0.491 e. The second-order valence-corrected chi connectivity index (χ2v) is 5.87. The predicted molar refractivity (Wildman–Crippen MR) is 82.0 cm³/mol. The Morgan fingerprint density at radius 2 is 2.14 bits per heavy atom. The lowest BCUT2D eigenvalue weighted by Crippen LogP contribution is -2.34. The molecule has 3 N–H and O–H groups in total. The van der Waals surface area contributed by atoms with E-state index in [1.54, 1.807) is 12.1 Å². The topological polar surface area (TPSA) is 75.8 Å². The number of nitrogens with two attached hydrogens (primary N) is 1. The van der Waals surface area contributed by atoms with Crippen LogP contribution in [-0.2, 0) is 4.79 Å². The lowest BCUT2D eigenvalue weighted by atomic mass is 9.98. The fourth-order valence-electron chi connectivity index (χ4n) is 2.53. The summed E-state index contributed by atoms with van der Waals surface area (Å²) in [4.78, 5) is 14.0. The number of hydrogen-bond donors (Lipinski definition) is 2. The maximum absolute atomic E-state index is 12.2. The molecule has 2 rings (SSSR count). The van der Waals surface area contributed by atoms with Crippen LogP contribution < -0.4 is 10.5 Å². The molecular weight excluding hydrogens is 268 g/mol. The number of anilines is 1. The number of hydrogen-bond acceptors (Lipinski definition) is 4. The zero-order valence-corrected chi connectivity index (χ0v) is 12.5. The van der Waals surface area contributed by atoms with Crippen molar-refractivity contribution in [1.82, 2.24) is 4.90 Å². The molecule has 0 radical (unpaired) electrons. The summed E-state index contributed by atoms with van der Waals surface area (Å²) < 4.78 is 5.55. The average molecular weight is 292 g/mol. The molecule has 5 heteroatoms. The van der Waals surface area contributed by atoms with Gasteiger partial charge in [0, 0.05) is 13.1 Å². The van der Waals surface area contributed by atoms with Crippen LogP contribution in [0.4, 0.5) is 5.69 Å². The van der Waals surface area contributed by atoms with E-state index in [0.29, 0.717) is 44.0 Å². The summed E-state index contributed by atoms with van der Waals surface area (Å²) in [5, 5.41) is 10.0. The summed E-state index contributed by atoms with van der Waals surface area (Å²) in [6.45, 7) is 3.48. The number of benzene rings is 1. The maximum atomic E-state index is 12.2. The van der Waals surface area contributed by atoms with E-state index in [2.05, 4.69) is 0 Å². The van der Waals surface area contributed by atoms with E-state index in [4.69, 9.17) is 10.5 Å². The van der Waals surface area contributed by atoms with Crippen LogP contribution in [0.5, 0.6) is 5.75 Å². The first kappa shape index (κ1) is 15.6. The van der Waals surface area contributed by atoms with Gasteiger partial charge in [-0.1, -0.05) is 12.1 Å². The molecular formula is C16H24N2O3. The first-order valence-electron chi connectivity index (χ1n) is 7.45. The quantitative estimate of drug-likeness (QED) is 0.830. The van der Waals surface area contributed by atoms with Crippen molar-refractivity contribution in [3.8, 4) is 5.75 Å². The molecule has 1 aromatic rings. The number of nitrogens with zero attached hydrogens (tertiary/aromatic N) is 1. The van der Waals surface area contributed by atoms with Crippen LogP contribution in [0.3, 0.4) is 0 Å². The molecule has 1 atom stereocenters. The van der Waals surface area contributed by atoms with Gasteiger partial charge in [0.15, 0.2) is 0 Å². The fourth-order valence-corrected chi connectivity index (χ4v) is 2.53. The van der Waals surface area contributed by atoms with Crippen LogP contribution in [0.25, 0.3) is 0 Å². The van der Waals surface area contributed by atoms with Crippen molar-refractivity contribution in [3.63, 3.8) is 0 Å². The van der Waals surface area contributed by atoms with E-state index in [0.717, 1.165) is 12.8 Å². The van der Waals surface area contributed by atoms with Gasteiger partial charge in [-0.3, -0.25) is 4.79 Å². The summed E-state index contributed by atoms with van der Waals surface area (Å²) in [5.41, 5.74) is 5.71. The number of likely N-dealkylation sites (tertiary alicyclic amines) is 1. The van der Waals surface area contributed by atoms with E-state index in [1.807, 2.05) is 24.0 Å². The normalized spacial score (nSPS) is 22.7. The summed E-state index contributed by atoms with van der Waals surface area (Å²) in [5.74, 6) is 0.686. The highest BCUT2D eigenvalue weighted by molar-refractivity contribution is 5.76. The minimum absolute atomic E-state index is 0.0715. The van der Waals surface area contributed by atoms with Gasteiger partial charge in [-0.05, 0) is 38.3 Å². The zero-order chi connectivity index (χ0) is 15.3. The number of ether oxygens (including phenoxy) is 1. The lowest BCUT2D eigenvalue weighted by Gasteiger charge is -2.22. The number of para-hydroxylation sites is 2. The Morgan fingerprint density at radius 3 is 2.90 bits per heavy atom. The summed E-state index contributed by atoms with van der Waals surface area (Å²) in [7, 11) is 0. The monoisotopic (exact) mass is 292 g/mol. The number of carbonyl (C=O) groups is 1. The number of nitrogen functional groups attached to an aromatic ring is 1. The summed E-state index contributed by atoms with van der Waals surface area (Å²) in [6.07, 6.45) is 2.54. The third kappa shape index (κ3) is 4.63. The van der Waals surface area contributed by atoms with Gasteiger partial charge < -0.3 is 20.5 Å². The maximum Gasteiger partial charge on any atom is 0.225 e. The highest BCUT2D eigenvalue weighted by Crippen LogP contribution is 2.22. The third-order valence-corrected chi connectivity index (χ3v) is 3.91. The molecule has 1 fully saturated rings. The highest BCUT2D eigenvalue weighted by Gasteiger charge is 2.26. The van der Waals surface area contributed by atoms with E-state index >= 15 is 0 Å². The molecule has 1 unspecified atom stereocenters. The van der Waals surface area contributed by atoms with Gasteiger partial charge in [0.05, 0.1) is 24.3 Å². The van der Waals surface area contributed by atoms with Crippen LogP contribution in [0, 0.1) is 0 Å². The molecule has 1 aliphatic rings. The molecule has 21 heavy (non-hydrogen) atoms. The second kappa shape index (κ2) is 6.80. The van der Waals surface area contributed by atoms with Gasteiger partial charge in [0.25, 0.3) is 0 Å². The third-order valence-electron chi connectivity index (χ3n) is 3.91. The van der Waals surface area contributed by atoms with E-state index in [9.17, 15) is 9.90 Å². The Bertz CT molecular complexity index is 488. The van der Waals surface area contributed by atoms with Gasteiger partial charge in [-0.2, -0.15) is 0 Å². The Balaban J connectivity index is 1.78. The first-order valence-corrected chi connectivity index (χ1v) is 7.45. The van der Waals surface area contributed by atoms with Crippen LogP contribution in [0.1, 0.15) is 32.6 Å². The molecule has 0 bridgehead atoms. The van der Waals surface area contributed by atoms with E-state index in [-0.39, 0.29) is 5.91 Å². The number of aliphatic hydroxyl groups is 1. The Morgan fingerprint density at radius 1 is 1.38 bits per heavy atom. The summed E-state index contributed by atoms with van der Waals surface area (Å²) >= 11 is 0. The van der Waals surface area contributed by atoms with Gasteiger partial charge >= 0.3 is 0 Å². The van der Waals surface area contributed by atoms with Gasteiger partial charge in [-0.15, -0.1) is 0 Å². The number of carbonyl (C=O) groups excluding carboxylic acids is 1. The molecule has 116 valence electrons. The molecule has 1 saturated heterocycles. The van der Waals surface area contributed by atoms with Crippen LogP contribution in [-0.4, -0.2) is 41.2 Å². The van der Waals surface area contributed by atoms with Crippen LogP contribution >= 0.6 is 0 Å². The SMILES string of the molecule is CC1(O)CCCN(C(=O)CCOc2ccccc2N)CC1. The van der Waals surface area contributed by atoms with Crippen LogP contribution in [0.2, 0.25) is 0 Å². The van der Waals surface area contributed by atoms with Crippen molar-refractivity contribution in [2.24, 2.45) is 0 Å². The molecule has 0 saturated carbocycles. The minimum Gasteiger partial charge on any atom is -0.491 e. The molecule has 0 aromatic heterocycles. The van der Waals surface area contributed by atoms with Crippen molar-refractivity contribution in [2.45, 2.75) is 38.2 Å². The fraction of sp³-hybridized carbons (Fsp3) is 0.562. The van der Waals surface area contributed by atoms with Gasteiger partial charge in [0.2, 0.25) is 5.91 Å². The predicted octanol–water partition coefficient (Wildman–Crippen LogP) is 1.80. The molecule has 5 nitrogen and oxygen atoms in total. The first-order chi connectivity index (χ1) is 9.98. The Kier molecular flexibility index (Phi) is 5.07. The highest BCUT2D eigenvalue weighted by atomic mass is 16.5. The van der Waals surface area contributed by atoms with Crippen molar-refractivity contribution in [3.05, 3.63) is 24.3 Å². The van der Waals surface area contributed by atoms with Crippen molar-refractivity contribution in [2.75, 3.05) is 25.4 Å². The number of amides is 1. The lowest BCUT2D eigenvalue weighted by molar-refractivity contribution is -0.131. The molecule has 1 aromatic carbocycles. The van der Waals surface area contributed by atoms with Crippen molar-refractivity contribution >= 4 is 11.6 Å². The molecule has 1 heterocycles. The molecule has 1 aliphatic heterocycles. The van der Waals surface area contributed by atoms with E-state index < -0.39 is 5.60 Å². The number of rotatable bonds is 4.